The first-order valence-electron chi connectivity index (χ1n) is 24.5. The number of carboxylic acids is 1. The fourth-order valence-corrected chi connectivity index (χ4v) is 10.9. The minimum atomic E-state index is -0.911. The van der Waals surface area contributed by atoms with Gasteiger partial charge in [0.25, 0.3) is 0 Å². The van der Waals surface area contributed by atoms with E-state index >= 15 is 0 Å². The third-order valence-electron chi connectivity index (χ3n) is 13.5. The van der Waals surface area contributed by atoms with Crippen LogP contribution in [0.4, 0.5) is 0 Å². The van der Waals surface area contributed by atoms with Crippen LogP contribution in [0.2, 0.25) is 0 Å². The lowest BCUT2D eigenvalue weighted by atomic mass is 9.70. The summed E-state index contributed by atoms with van der Waals surface area (Å²) in [7, 11) is 0. The summed E-state index contributed by atoms with van der Waals surface area (Å²) >= 11 is 3.97. The van der Waals surface area contributed by atoms with Gasteiger partial charge >= 0.3 is 11.9 Å². The Morgan fingerprint density at radius 3 is 1.40 bits per heavy atom. The van der Waals surface area contributed by atoms with Gasteiger partial charge in [0.2, 0.25) is 0 Å². The normalized spacial score (nSPS) is 14.9. The van der Waals surface area contributed by atoms with E-state index < -0.39 is 12.1 Å². The maximum atomic E-state index is 11.3. The zero-order chi connectivity index (χ0) is 49.7. The van der Waals surface area contributed by atoms with E-state index in [0.29, 0.717) is 13.0 Å². The van der Waals surface area contributed by atoms with Crippen LogP contribution in [0.25, 0.3) is 0 Å². The largest absolute Gasteiger partial charge is 0.491 e. The van der Waals surface area contributed by atoms with Crippen molar-refractivity contribution in [2.45, 2.75) is 192 Å². The minimum Gasteiger partial charge on any atom is -0.491 e. The van der Waals surface area contributed by atoms with E-state index in [1.165, 1.54) is 44.5 Å². The van der Waals surface area contributed by atoms with E-state index in [2.05, 4.69) is 157 Å². The van der Waals surface area contributed by atoms with Crippen molar-refractivity contribution < 1.29 is 34.0 Å². The smallest absolute Gasteiger partial charge is 0.306 e. The highest BCUT2D eigenvalue weighted by Crippen LogP contribution is 2.43. The van der Waals surface area contributed by atoms with Crippen LogP contribution >= 0.6 is 23.5 Å². The first kappa shape index (κ1) is 55.7. The van der Waals surface area contributed by atoms with Crippen LogP contribution in [-0.4, -0.2) is 57.1 Å². The third-order valence-corrected chi connectivity index (χ3v) is 16.1. The van der Waals surface area contributed by atoms with Crippen LogP contribution in [-0.2, 0) is 36.7 Å². The quantitative estimate of drug-likeness (QED) is 0.0791. The molecule has 0 saturated carbocycles. The number of cyclic esters (lactones) is 1. The Hall–Kier alpha value is -3.92. The number of carboxylic acid groups (broad SMARTS) is 1. The van der Waals surface area contributed by atoms with Gasteiger partial charge in [-0.15, -0.1) is 0 Å². The molecule has 5 rings (SSSR count). The Kier molecular flexibility index (Phi) is 20.4. The molecule has 1 fully saturated rings. The number of rotatable bonds is 21. The van der Waals surface area contributed by atoms with Gasteiger partial charge in [-0.2, -0.15) is 23.5 Å². The summed E-state index contributed by atoms with van der Waals surface area (Å²) in [4.78, 5) is 22.0. The van der Waals surface area contributed by atoms with Gasteiger partial charge in [0.1, 0.15) is 30.8 Å². The standard InChI is InChI=1S/C29H42O4S.C29H40O3S/c1-8-29(9-2,23-11-10-22(20(3)16-23)19-34-28(5,6)7)24-12-14-26(21(4)17-24)33-18-25(30)13-15-27(31)32;1-8-29(9-2,23-11-10-22(20(3)16-23)19-33-28(5,6)7)24-12-14-26(21(4)17-24)31-18-25-13-15-27(30)32-25/h10-12,14,16-17,25,30H,8-9,13,15,18-19H2,1-7H3,(H,31,32);10-12,14,16-17,25H,8-9,13,15,18-19H2,1-7H3/t2*25-/m00/s1. The molecule has 7 nitrogen and oxygen atoms in total. The second-order valence-corrected chi connectivity index (χ2v) is 24.1. The Morgan fingerprint density at radius 2 is 1.06 bits per heavy atom. The molecule has 0 bridgehead atoms. The van der Waals surface area contributed by atoms with E-state index in [4.69, 9.17) is 19.3 Å². The highest BCUT2D eigenvalue weighted by molar-refractivity contribution is 8.00. The molecule has 0 radical (unpaired) electrons. The van der Waals surface area contributed by atoms with Gasteiger partial charge in [0, 0.05) is 44.7 Å². The number of hydrogen-bond donors (Lipinski definition) is 2. The Labute approximate surface area is 413 Å². The fraction of sp³-hybridized carbons (Fsp3) is 0.552. The molecule has 4 aromatic rings. The number of ether oxygens (including phenoxy) is 3. The Bertz CT molecular complexity index is 2240. The number of benzene rings is 4. The molecule has 0 amide bonds. The second-order valence-electron chi connectivity index (χ2n) is 20.5. The van der Waals surface area contributed by atoms with E-state index in [0.717, 1.165) is 66.2 Å². The average molecular weight is 955 g/mol. The summed E-state index contributed by atoms with van der Waals surface area (Å²) in [6, 6.07) is 26.9. The zero-order valence-corrected chi connectivity index (χ0v) is 45.0. The molecular formula is C58H82O7S2. The lowest BCUT2D eigenvalue weighted by molar-refractivity contribution is -0.142. The van der Waals surface area contributed by atoms with Crippen molar-refractivity contribution in [3.8, 4) is 11.5 Å². The van der Waals surface area contributed by atoms with Crippen molar-refractivity contribution in [1.82, 2.24) is 0 Å². The second kappa shape index (κ2) is 24.6. The SMILES string of the molecule is CCC(CC)(c1ccc(CSC(C)(C)C)c(C)c1)c1ccc(OC[C@@H](O)CCC(=O)O)c(C)c1.CCC(CC)(c1ccc(CSC(C)(C)C)c(C)c1)c1ccc(OC[C@@H]2CCC(=O)O2)c(C)c1. The molecule has 2 N–H and O–H groups in total. The van der Waals surface area contributed by atoms with Crippen LogP contribution in [0.5, 0.6) is 11.5 Å². The predicted octanol–water partition coefficient (Wildman–Crippen LogP) is 14.6. The highest BCUT2D eigenvalue weighted by Gasteiger charge is 2.33. The average Bonchev–Trinajstić information content (AvgIpc) is 3.69. The van der Waals surface area contributed by atoms with Crippen LogP contribution in [0.1, 0.15) is 176 Å². The van der Waals surface area contributed by atoms with Crippen LogP contribution in [0, 0.1) is 27.7 Å². The van der Waals surface area contributed by atoms with Crippen molar-refractivity contribution in [3.05, 3.63) is 128 Å². The lowest BCUT2D eigenvalue weighted by Gasteiger charge is -2.34. The van der Waals surface area contributed by atoms with E-state index in [9.17, 15) is 14.7 Å². The topological polar surface area (TPSA) is 102 Å². The van der Waals surface area contributed by atoms with Crippen LogP contribution < -0.4 is 9.47 Å². The molecule has 4 aromatic carbocycles. The molecule has 2 atom stereocenters. The molecule has 1 heterocycles. The third kappa shape index (κ3) is 15.5. The van der Waals surface area contributed by atoms with Crippen molar-refractivity contribution >= 4 is 35.5 Å². The summed E-state index contributed by atoms with van der Waals surface area (Å²) < 4.78 is 17.6. The molecule has 0 aliphatic carbocycles. The maximum absolute atomic E-state index is 11.3. The molecular weight excluding hydrogens is 873 g/mol. The molecule has 368 valence electrons. The number of carbonyl (C=O) groups excluding carboxylic acids is 1. The maximum Gasteiger partial charge on any atom is 0.306 e. The summed E-state index contributed by atoms with van der Waals surface area (Å²) in [6.07, 6.45) is 4.50. The summed E-state index contributed by atoms with van der Waals surface area (Å²) in [5, 5.41) is 18.8. The lowest BCUT2D eigenvalue weighted by Crippen LogP contribution is -2.26. The first-order valence-corrected chi connectivity index (χ1v) is 26.5. The van der Waals surface area contributed by atoms with Crippen LogP contribution in [0.15, 0.2) is 72.8 Å². The van der Waals surface area contributed by atoms with Gasteiger partial charge in [-0.05, 0) is 134 Å². The van der Waals surface area contributed by atoms with E-state index in [1.54, 1.807) is 0 Å². The van der Waals surface area contributed by atoms with Crippen LogP contribution in [0.3, 0.4) is 0 Å². The molecule has 0 unspecified atom stereocenters. The summed E-state index contributed by atoms with van der Waals surface area (Å²) in [5.74, 6) is 2.63. The van der Waals surface area contributed by atoms with Gasteiger partial charge in [0.15, 0.2) is 0 Å². The van der Waals surface area contributed by atoms with Gasteiger partial charge in [-0.3, -0.25) is 9.59 Å². The van der Waals surface area contributed by atoms with Crippen molar-refractivity contribution in [3.63, 3.8) is 0 Å². The number of carbonyl (C=O) groups is 2. The number of thioether (sulfide) groups is 2. The molecule has 67 heavy (non-hydrogen) atoms. The summed E-state index contributed by atoms with van der Waals surface area (Å²) in [5.41, 5.74) is 12.9. The van der Waals surface area contributed by atoms with Gasteiger partial charge in [0.05, 0.1) is 6.10 Å². The Morgan fingerprint density at radius 1 is 0.657 bits per heavy atom. The van der Waals surface area contributed by atoms with Gasteiger partial charge in [-0.1, -0.05) is 130 Å². The highest BCUT2D eigenvalue weighted by atomic mass is 32.2. The predicted molar refractivity (Wildman–Crippen MR) is 283 cm³/mol. The monoisotopic (exact) mass is 955 g/mol. The number of aliphatic hydroxyl groups excluding tert-OH is 1. The first-order chi connectivity index (χ1) is 31.5. The number of hydrogen-bond acceptors (Lipinski definition) is 8. The fourth-order valence-electron chi connectivity index (χ4n) is 9.03. The Balaban J connectivity index is 0.000000293. The number of esters is 1. The number of aryl methyl sites for hydroxylation is 4. The molecule has 0 spiro atoms. The minimum absolute atomic E-state index is 0.0231. The summed E-state index contributed by atoms with van der Waals surface area (Å²) in [6.45, 7) is 31.8. The number of aliphatic carboxylic acids is 1. The molecule has 1 aliphatic heterocycles. The van der Waals surface area contributed by atoms with Crippen molar-refractivity contribution in [2.24, 2.45) is 0 Å². The molecule has 9 heteroatoms. The van der Waals surface area contributed by atoms with Crippen molar-refractivity contribution in [1.29, 1.82) is 0 Å². The molecule has 1 saturated heterocycles. The van der Waals surface area contributed by atoms with Crippen molar-refractivity contribution in [2.75, 3.05) is 13.2 Å². The molecule has 0 aromatic heterocycles. The molecule has 1 aliphatic rings. The number of aliphatic hydroxyl groups is 1. The zero-order valence-electron chi connectivity index (χ0n) is 43.3. The van der Waals surface area contributed by atoms with Gasteiger partial charge in [-0.25, -0.2) is 0 Å². The van der Waals surface area contributed by atoms with Gasteiger partial charge < -0.3 is 24.4 Å². The van der Waals surface area contributed by atoms with E-state index in [1.807, 2.05) is 36.5 Å². The van der Waals surface area contributed by atoms with E-state index in [-0.39, 0.29) is 51.8 Å².